The molecule has 1 fully saturated rings. The zero-order chi connectivity index (χ0) is 15.6. The van der Waals surface area contributed by atoms with E-state index in [-0.39, 0.29) is 12.5 Å². The topological polar surface area (TPSA) is 72.6 Å². The molecule has 114 valence electrons. The molecule has 1 heterocycles. The summed E-state index contributed by atoms with van der Waals surface area (Å²) in [6, 6.07) is 5.51. The zero-order valence-electron chi connectivity index (χ0n) is 12.2. The van der Waals surface area contributed by atoms with Crippen molar-refractivity contribution in [1.29, 1.82) is 0 Å². The summed E-state index contributed by atoms with van der Waals surface area (Å²) in [4.78, 5) is 26.3. The number of hydrogen-bond acceptors (Lipinski definition) is 3. The second-order valence-corrected chi connectivity index (χ2v) is 6.23. The Balaban J connectivity index is 2.39. The molecule has 1 saturated heterocycles. The lowest BCUT2D eigenvalue weighted by Crippen LogP contribution is -2.58. The quantitative estimate of drug-likeness (QED) is 0.896. The Morgan fingerprint density at radius 2 is 2.19 bits per heavy atom. The highest BCUT2D eigenvalue weighted by Crippen LogP contribution is 2.32. The molecular formula is C15H19BrN2O3. The molecule has 1 aromatic rings. The van der Waals surface area contributed by atoms with E-state index >= 15 is 0 Å². The van der Waals surface area contributed by atoms with Crippen LogP contribution in [-0.2, 0) is 9.53 Å². The van der Waals surface area contributed by atoms with Crippen LogP contribution in [0, 0.1) is 6.92 Å². The van der Waals surface area contributed by atoms with E-state index in [1.807, 2.05) is 19.1 Å². The summed E-state index contributed by atoms with van der Waals surface area (Å²) in [5, 5.41) is 0. The Bertz CT molecular complexity index is 576. The van der Waals surface area contributed by atoms with Crippen molar-refractivity contribution in [2.45, 2.75) is 25.3 Å². The van der Waals surface area contributed by atoms with Crippen molar-refractivity contribution in [2.24, 2.45) is 5.73 Å². The third-order valence-electron chi connectivity index (χ3n) is 3.93. The molecular weight excluding hydrogens is 336 g/mol. The average molecular weight is 355 g/mol. The maximum absolute atomic E-state index is 12.8. The van der Waals surface area contributed by atoms with Crippen molar-refractivity contribution < 1.29 is 14.3 Å². The van der Waals surface area contributed by atoms with Crippen molar-refractivity contribution in [3.8, 4) is 0 Å². The summed E-state index contributed by atoms with van der Waals surface area (Å²) in [5.74, 6) is -0.714. The molecule has 0 aliphatic carbocycles. The van der Waals surface area contributed by atoms with Crippen LogP contribution in [-0.4, -0.2) is 42.5 Å². The fraction of sp³-hybridized carbons (Fsp3) is 0.467. The lowest BCUT2D eigenvalue weighted by molar-refractivity contribution is -0.130. The van der Waals surface area contributed by atoms with E-state index in [9.17, 15) is 9.59 Å². The molecule has 0 spiro atoms. The smallest absolute Gasteiger partial charge is 0.255 e. The molecule has 1 aliphatic rings. The lowest BCUT2D eigenvalue weighted by atomic mass is 9.95. The number of carbonyl (C=O) groups excluding carboxylic acids is 2. The molecule has 5 nitrogen and oxygen atoms in total. The monoisotopic (exact) mass is 354 g/mol. The Morgan fingerprint density at radius 1 is 1.48 bits per heavy atom. The van der Waals surface area contributed by atoms with Gasteiger partial charge in [-0.25, -0.2) is 0 Å². The number of primary amides is 1. The predicted molar refractivity (Wildman–Crippen MR) is 83.0 cm³/mol. The first-order valence-corrected chi connectivity index (χ1v) is 7.58. The van der Waals surface area contributed by atoms with Gasteiger partial charge >= 0.3 is 0 Å². The van der Waals surface area contributed by atoms with Crippen LogP contribution in [0.3, 0.4) is 0 Å². The van der Waals surface area contributed by atoms with Crippen molar-refractivity contribution in [3.05, 3.63) is 33.8 Å². The Labute approximate surface area is 132 Å². The number of nitrogens with zero attached hydrogens (tertiary/aromatic N) is 1. The van der Waals surface area contributed by atoms with Gasteiger partial charge in [0.2, 0.25) is 5.91 Å². The van der Waals surface area contributed by atoms with Gasteiger partial charge in [0, 0.05) is 18.1 Å². The Morgan fingerprint density at radius 3 is 2.76 bits per heavy atom. The minimum atomic E-state index is -1.05. The van der Waals surface area contributed by atoms with Crippen molar-refractivity contribution >= 4 is 27.7 Å². The van der Waals surface area contributed by atoms with Gasteiger partial charge in [0.15, 0.2) is 0 Å². The molecule has 0 radical (unpaired) electrons. The van der Waals surface area contributed by atoms with Crippen molar-refractivity contribution in [2.75, 3.05) is 20.3 Å². The SMILES string of the molecule is COCC1(C(N)=O)CCCN1C(=O)c1ccc(C)cc1Br. The normalized spacial score (nSPS) is 21.6. The Hall–Kier alpha value is -1.40. The van der Waals surface area contributed by atoms with Crippen molar-refractivity contribution in [1.82, 2.24) is 4.90 Å². The molecule has 1 aliphatic heterocycles. The summed E-state index contributed by atoms with van der Waals surface area (Å²) < 4.78 is 5.87. The number of halogens is 1. The molecule has 2 N–H and O–H groups in total. The third-order valence-corrected chi connectivity index (χ3v) is 4.59. The van der Waals surface area contributed by atoms with E-state index in [4.69, 9.17) is 10.5 Å². The third kappa shape index (κ3) is 2.82. The van der Waals surface area contributed by atoms with Crippen LogP contribution < -0.4 is 5.73 Å². The van der Waals surface area contributed by atoms with Gasteiger partial charge in [-0.3, -0.25) is 9.59 Å². The summed E-state index contributed by atoms with van der Waals surface area (Å²) in [7, 11) is 1.51. The van der Waals surface area contributed by atoms with Gasteiger partial charge in [-0.2, -0.15) is 0 Å². The number of aryl methyl sites for hydroxylation is 1. The lowest BCUT2D eigenvalue weighted by Gasteiger charge is -2.35. The minimum Gasteiger partial charge on any atom is -0.382 e. The van der Waals surface area contributed by atoms with Gasteiger partial charge in [0.1, 0.15) is 5.54 Å². The van der Waals surface area contributed by atoms with Crippen LogP contribution in [0.15, 0.2) is 22.7 Å². The maximum atomic E-state index is 12.8. The van der Waals surface area contributed by atoms with Crippen LogP contribution in [0.1, 0.15) is 28.8 Å². The number of hydrogen-bond donors (Lipinski definition) is 1. The van der Waals surface area contributed by atoms with Crippen LogP contribution in [0.4, 0.5) is 0 Å². The summed E-state index contributed by atoms with van der Waals surface area (Å²) in [6.45, 7) is 2.58. The van der Waals surface area contributed by atoms with E-state index in [1.165, 1.54) is 7.11 Å². The number of ether oxygens (including phenoxy) is 1. The number of rotatable bonds is 4. The highest BCUT2D eigenvalue weighted by atomic mass is 79.9. The fourth-order valence-electron chi connectivity index (χ4n) is 2.83. The second kappa shape index (κ2) is 6.15. The van der Waals surface area contributed by atoms with Crippen LogP contribution >= 0.6 is 15.9 Å². The molecule has 6 heteroatoms. The second-order valence-electron chi connectivity index (χ2n) is 5.37. The molecule has 1 unspecified atom stereocenters. The maximum Gasteiger partial charge on any atom is 0.255 e. The number of carbonyl (C=O) groups is 2. The van der Waals surface area contributed by atoms with Crippen LogP contribution in [0.25, 0.3) is 0 Å². The van der Waals surface area contributed by atoms with Gasteiger partial charge < -0.3 is 15.4 Å². The number of nitrogens with two attached hydrogens (primary N) is 1. The number of amides is 2. The number of likely N-dealkylation sites (tertiary alicyclic amines) is 1. The highest BCUT2D eigenvalue weighted by molar-refractivity contribution is 9.10. The summed E-state index contributed by atoms with van der Waals surface area (Å²) in [6.07, 6.45) is 1.27. The van der Waals surface area contributed by atoms with Gasteiger partial charge in [0.25, 0.3) is 5.91 Å². The minimum absolute atomic E-state index is 0.123. The first-order valence-electron chi connectivity index (χ1n) is 6.79. The fourth-order valence-corrected chi connectivity index (χ4v) is 3.49. The molecule has 0 bridgehead atoms. The first kappa shape index (κ1) is 16.0. The van der Waals surface area contributed by atoms with E-state index in [0.29, 0.717) is 18.5 Å². The standard InChI is InChI=1S/C15H19BrN2O3/c1-10-4-5-11(12(16)8-10)13(19)18-7-3-6-15(18,9-21-2)14(17)20/h4-5,8H,3,6-7,9H2,1-2H3,(H2,17,20). The summed E-state index contributed by atoms with van der Waals surface area (Å²) >= 11 is 3.41. The molecule has 2 amide bonds. The zero-order valence-corrected chi connectivity index (χ0v) is 13.8. The van der Waals surface area contributed by atoms with E-state index in [1.54, 1.807) is 11.0 Å². The summed E-state index contributed by atoms with van der Waals surface area (Å²) in [5.41, 5.74) is 6.10. The molecule has 21 heavy (non-hydrogen) atoms. The van der Waals surface area contributed by atoms with Crippen LogP contribution in [0.2, 0.25) is 0 Å². The van der Waals surface area contributed by atoms with E-state index in [2.05, 4.69) is 15.9 Å². The van der Waals surface area contributed by atoms with Crippen LogP contribution in [0.5, 0.6) is 0 Å². The Kier molecular flexibility index (Phi) is 4.68. The molecule has 1 atom stereocenters. The number of methoxy groups -OCH3 is 1. The molecule has 1 aromatic carbocycles. The van der Waals surface area contributed by atoms with Crippen molar-refractivity contribution in [3.63, 3.8) is 0 Å². The van der Waals surface area contributed by atoms with Gasteiger partial charge in [-0.15, -0.1) is 0 Å². The predicted octanol–water partition coefficient (Wildman–Crippen LogP) is 1.86. The van der Waals surface area contributed by atoms with Gasteiger partial charge in [-0.1, -0.05) is 6.07 Å². The molecule has 0 aromatic heterocycles. The first-order chi connectivity index (χ1) is 9.92. The largest absolute Gasteiger partial charge is 0.382 e. The molecule has 2 rings (SSSR count). The average Bonchev–Trinajstić information content (AvgIpc) is 2.83. The van der Waals surface area contributed by atoms with E-state index in [0.717, 1.165) is 16.5 Å². The van der Waals surface area contributed by atoms with E-state index < -0.39 is 11.4 Å². The van der Waals surface area contributed by atoms with Gasteiger partial charge in [0.05, 0.1) is 12.2 Å². The van der Waals surface area contributed by atoms with Gasteiger partial charge in [-0.05, 0) is 53.4 Å². The molecule has 0 saturated carbocycles. The number of benzene rings is 1. The highest BCUT2D eigenvalue weighted by Gasteiger charge is 2.49.